The maximum absolute atomic E-state index is 13.1. The number of nitrogens with one attached hydrogen (secondary N) is 1. The molecule has 27 heavy (non-hydrogen) atoms. The lowest BCUT2D eigenvalue weighted by Crippen LogP contribution is -2.23. The fourth-order valence-corrected chi connectivity index (χ4v) is 4.33. The minimum Gasteiger partial charge on any atom is -0.321 e. The smallest absolute Gasteiger partial charge is 0.274 e. The Kier molecular flexibility index (Phi) is 6.47. The van der Waals surface area contributed by atoms with Crippen LogP contribution in [0.3, 0.4) is 0 Å². The Hall–Kier alpha value is -1.95. The number of carbonyl (C=O) groups is 1. The fraction of sp³-hybridized carbons (Fsp3) is 0.524. The molecule has 6 heteroatoms. The van der Waals surface area contributed by atoms with Gasteiger partial charge in [-0.3, -0.25) is 13.7 Å². The number of aromatic nitrogens is 2. The second-order valence-electron chi connectivity index (χ2n) is 7.73. The molecule has 0 bridgehead atoms. The van der Waals surface area contributed by atoms with E-state index in [2.05, 4.69) is 24.3 Å². The van der Waals surface area contributed by atoms with Crippen LogP contribution in [0.2, 0.25) is 0 Å². The Morgan fingerprint density at radius 1 is 1.30 bits per heavy atom. The standard InChI is InChI=1S/C21H29N3O2S/c1-15(2)19-13-22-24(14-16-8-5-4-6-9-16)20(19)21(25)23-17-10-7-11-18(12-17)27(3)26/h7,10-13,15-16H,4-6,8-9,14H2,1-3H3,(H,23,25). The largest absolute Gasteiger partial charge is 0.321 e. The lowest BCUT2D eigenvalue weighted by Gasteiger charge is -2.22. The highest BCUT2D eigenvalue weighted by atomic mass is 32.2. The van der Waals surface area contributed by atoms with Gasteiger partial charge in [0, 0.05) is 39.7 Å². The maximum Gasteiger partial charge on any atom is 0.274 e. The lowest BCUT2D eigenvalue weighted by atomic mass is 9.89. The van der Waals surface area contributed by atoms with Gasteiger partial charge in [-0.1, -0.05) is 39.2 Å². The number of carbonyl (C=O) groups excluding carboxylic acids is 1. The molecule has 1 heterocycles. The van der Waals surface area contributed by atoms with Crippen LogP contribution in [0.25, 0.3) is 0 Å². The average Bonchev–Trinajstić information content (AvgIpc) is 3.06. The topological polar surface area (TPSA) is 64.0 Å². The summed E-state index contributed by atoms with van der Waals surface area (Å²) < 4.78 is 13.6. The molecule has 0 spiro atoms. The minimum atomic E-state index is -1.08. The highest BCUT2D eigenvalue weighted by Crippen LogP contribution is 2.27. The first-order chi connectivity index (χ1) is 13.0. The Bertz CT molecular complexity index is 823. The molecule has 5 nitrogen and oxygen atoms in total. The molecule has 1 amide bonds. The minimum absolute atomic E-state index is 0.147. The second kappa shape index (κ2) is 8.83. The Morgan fingerprint density at radius 3 is 2.70 bits per heavy atom. The summed E-state index contributed by atoms with van der Waals surface area (Å²) in [5.74, 6) is 0.669. The summed E-state index contributed by atoms with van der Waals surface area (Å²) >= 11 is 0. The monoisotopic (exact) mass is 387 g/mol. The van der Waals surface area contributed by atoms with Crippen molar-refractivity contribution in [2.75, 3.05) is 11.6 Å². The van der Waals surface area contributed by atoms with Crippen molar-refractivity contribution in [2.24, 2.45) is 5.92 Å². The predicted octanol–water partition coefficient (Wildman–Crippen LogP) is 4.58. The second-order valence-corrected chi connectivity index (χ2v) is 9.11. The molecule has 0 saturated heterocycles. The van der Waals surface area contributed by atoms with E-state index < -0.39 is 10.8 Å². The molecule has 2 aromatic rings. The number of anilines is 1. The van der Waals surface area contributed by atoms with Crippen molar-refractivity contribution in [3.8, 4) is 0 Å². The summed E-state index contributed by atoms with van der Waals surface area (Å²) in [6, 6.07) is 7.21. The van der Waals surface area contributed by atoms with Gasteiger partial charge < -0.3 is 5.32 Å². The number of benzene rings is 1. The number of amides is 1. The number of rotatable bonds is 6. The van der Waals surface area contributed by atoms with E-state index >= 15 is 0 Å². The fourth-order valence-electron chi connectivity index (χ4n) is 3.77. The van der Waals surface area contributed by atoms with E-state index in [0.717, 1.165) is 12.1 Å². The molecule has 1 aliphatic rings. The maximum atomic E-state index is 13.1. The van der Waals surface area contributed by atoms with Gasteiger partial charge in [0.2, 0.25) is 0 Å². The van der Waals surface area contributed by atoms with Crippen molar-refractivity contribution in [3.05, 3.63) is 41.7 Å². The van der Waals surface area contributed by atoms with Crippen molar-refractivity contribution in [2.45, 2.75) is 63.3 Å². The molecule has 146 valence electrons. The number of hydrogen-bond acceptors (Lipinski definition) is 3. The van der Waals surface area contributed by atoms with Gasteiger partial charge in [0.25, 0.3) is 5.91 Å². The van der Waals surface area contributed by atoms with Gasteiger partial charge in [0.15, 0.2) is 0 Å². The first kappa shape index (κ1) is 19.8. The third-order valence-corrected chi connectivity index (χ3v) is 6.20. The summed E-state index contributed by atoms with van der Waals surface area (Å²) in [5.41, 5.74) is 2.28. The van der Waals surface area contributed by atoms with Crippen molar-refractivity contribution in [1.82, 2.24) is 9.78 Å². The summed E-state index contributed by atoms with van der Waals surface area (Å²) in [7, 11) is -1.08. The molecule has 0 radical (unpaired) electrons. The quantitative estimate of drug-likeness (QED) is 0.789. The summed E-state index contributed by atoms with van der Waals surface area (Å²) in [6.45, 7) is 4.97. The van der Waals surface area contributed by atoms with Crippen molar-refractivity contribution in [3.63, 3.8) is 0 Å². The Labute approximate surface area is 164 Å². The van der Waals surface area contributed by atoms with E-state index in [4.69, 9.17) is 0 Å². The molecular weight excluding hydrogens is 358 g/mol. The first-order valence-electron chi connectivity index (χ1n) is 9.76. The Morgan fingerprint density at radius 2 is 2.04 bits per heavy atom. The molecule has 1 aliphatic carbocycles. The molecule has 1 saturated carbocycles. The van der Waals surface area contributed by atoms with Gasteiger partial charge in [-0.15, -0.1) is 0 Å². The van der Waals surface area contributed by atoms with Crippen LogP contribution in [0.4, 0.5) is 5.69 Å². The third-order valence-electron chi connectivity index (χ3n) is 5.28. The van der Waals surface area contributed by atoms with Gasteiger partial charge in [-0.05, 0) is 42.9 Å². The van der Waals surface area contributed by atoms with Crippen LogP contribution in [0, 0.1) is 5.92 Å². The van der Waals surface area contributed by atoms with Crippen LogP contribution in [0.15, 0.2) is 35.4 Å². The van der Waals surface area contributed by atoms with Gasteiger partial charge in [0.05, 0.1) is 6.20 Å². The highest BCUT2D eigenvalue weighted by Gasteiger charge is 2.23. The average molecular weight is 388 g/mol. The molecule has 3 rings (SSSR count). The SMILES string of the molecule is CC(C)c1cnn(CC2CCCCC2)c1C(=O)Nc1cccc(S(C)=O)c1. The van der Waals surface area contributed by atoms with Crippen LogP contribution in [-0.2, 0) is 17.3 Å². The van der Waals surface area contributed by atoms with Crippen molar-refractivity contribution in [1.29, 1.82) is 0 Å². The zero-order valence-electron chi connectivity index (χ0n) is 16.4. The van der Waals surface area contributed by atoms with E-state index in [-0.39, 0.29) is 11.8 Å². The van der Waals surface area contributed by atoms with Gasteiger partial charge in [-0.25, -0.2) is 0 Å². The highest BCUT2D eigenvalue weighted by molar-refractivity contribution is 7.84. The molecule has 1 atom stereocenters. The summed E-state index contributed by atoms with van der Waals surface area (Å²) in [5, 5.41) is 7.53. The molecular formula is C21H29N3O2S. The zero-order chi connectivity index (χ0) is 19.4. The van der Waals surface area contributed by atoms with E-state index in [9.17, 15) is 9.00 Å². The van der Waals surface area contributed by atoms with Crippen LogP contribution < -0.4 is 5.32 Å². The molecule has 1 N–H and O–H groups in total. The number of nitrogens with zero attached hydrogens (tertiary/aromatic N) is 2. The molecule has 1 aromatic carbocycles. The van der Waals surface area contributed by atoms with Crippen molar-refractivity contribution < 1.29 is 9.00 Å². The van der Waals surface area contributed by atoms with Crippen LogP contribution in [0.1, 0.15) is 67.9 Å². The number of hydrogen-bond donors (Lipinski definition) is 1. The molecule has 1 aromatic heterocycles. The van der Waals surface area contributed by atoms with E-state index in [1.165, 1.54) is 32.1 Å². The Balaban J connectivity index is 1.84. The van der Waals surface area contributed by atoms with Crippen LogP contribution in [-0.4, -0.2) is 26.2 Å². The van der Waals surface area contributed by atoms with Crippen molar-refractivity contribution >= 4 is 22.4 Å². The van der Waals surface area contributed by atoms with E-state index in [0.29, 0.717) is 22.2 Å². The zero-order valence-corrected chi connectivity index (χ0v) is 17.2. The van der Waals surface area contributed by atoms with Crippen LogP contribution >= 0.6 is 0 Å². The van der Waals surface area contributed by atoms with Gasteiger partial charge in [-0.2, -0.15) is 5.10 Å². The normalized spacial score (nSPS) is 16.4. The van der Waals surface area contributed by atoms with Gasteiger partial charge in [0.1, 0.15) is 5.69 Å². The van der Waals surface area contributed by atoms with E-state index in [1.54, 1.807) is 18.4 Å². The molecule has 1 fully saturated rings. The first-order valence-corrected chi connectivity index (χ1v) is 11.3. The molecule has 1 unspecified atom stereocenters. The van der Waals surface area contributed by atoms with Crippen LogP contribution in [0.5, 0.6) is 0 Å². The predicted molar refractivity (Wildman–Crippen MR) is 110 cm³/mol. The third kappa shape index (κ3) is 4.86. The summed E-state index contributed by atoms with van der Waals surface area (Å²) in [4.78, 5) is 13.8. The van der Waals surface area contributed by atoms with E-state index in [1.807, 2.05) is 23.0 Å². The summed E-state index contributed by atoms with van der Waals surface area (Å²) in [6.07, 6.45) is 9.74. The lowest BCUT2D eigenvalue weighted by molar-refractivity contribution is 0.101. The van der Waals surface area contributed by atoms with Gasteiger partial charge >= 0.3 is 0 Å². The molecule has 0 aliphatic heterocycles.